The Balaban J connectivity index is 1.46. The maximum Gasteiger partial charge on any atom is 0.272 e. The van der Waals surface area contributed by atoms with E-state index in [0.29, 0.717) is 15.7 Å². The maximum atomic E-state index is 14.5. The third-order valence-corrected chi connectivity index (χ3v) is 7.74. The van der Waals surface area contributed by atoms with Crippen molar-refractivity contribution in [3.63, 3.8) is 0 Å². The molecule has 0 spiro atoms. The highest BCUT2D eigenvalue weighted by Crippen LogP contribution is 2.27. The molecule has 0 aliphatic carbocycles. The lowest BCUT2D eigenvalue weighted by Gasteiger charge is -2.14. The van der Waals surface area contributed by atoms with Crippen LogP contribution in [0.3, 0.4) is 0 Å². The van der Waals surface area contributed by atoms with E-state index in [1.807, 2.05) is 0 Å². The van der Waals surface area contributed by atoms with Crippen LogP contribution in [0.2, 0.25) is 5.02 Å². The molecule has 42 heavy (non-hydrogen) atoms. The summed E-state index contributed by atoms with van der Waals surface area (Å²) in [6.07, 6.45) is 1.17. The van der Waals surface area contributed by atoms with Crippen LogP contribution in [0.15, 0.2) is 106 Å². The topological polar surface area (TPSA) is 87.3 Å². The van der Waals surface area contributed by atoms with E-state index in [-0.39, 0.29) is 27.9 Å². The van der Waals surface area contributed by atoms with Gasteiger partial charge in [-0.25, -0.2) is 8.78 Å². The van der Waals surface area contributed by atoms with Crippen molar-refractivity contribution in [3.05, 3.63) is 129 Å². The Labute approximate surface area is 258 Å². The zero-order valence-electron chi connectivity index (χ0n) is 22.0. The number of carbonyl (C=O) groups is 3. The van der Waals surface area contributed by atoms with E-state index in [1.165, 1.54) is 48.2 Å². The summed E-state index contributed by atoms with van der Waals surface area (Å²) >= 11 is 10.6. The van der Waals surface area contributed by atoms with Crippen LogP contribution in [-0.4, -0.2) is 23.0 Å². The first-order chi connectivity index (χ1) is 20.1. The van der Waals surface area contributed by atoms with Crippen LogP contribution in [0.25, 0.3) is 6.08 Å². The minimum Gasteiger partial charge on any atom is -0.323 e. The predicted molar refractivity (Wildman–Crippen MR) is 166 cm³/mol. The highest BCUT2D eigenvalue weighted by Gasteiger charge is 2.19. The van der Waals surface area contributed by atoms with Gasteiger partial charge < -0.3 is 16.0 Å². The average Bonchev–Trinajstić information content (AvgIpc) is 2.97. The molecule has 0 radical (unpaired) electrons. The molecule has 0 aliphatic heterocycles. The fourth-order valence-electron chi connectivity index (χ4n) is 3.63. The van der Waals surface area contributed by atoms with Crippen LogP contribution in [0, 0.1) is 11.6 Å². The van der Waals surface area contributed by atoms with Crippen molar-refractivity contribution in [2.24, 2.45) is 0 Å². The standard InChI is InChI=1S/C31H23BrClF2N3O3S/c1-18(29(39)37-27-15-10-20(32)16-26(27)35)42-22-13-11-21(12-14-22)36-31(41)28(17-23-24(33)8-5-9-25(23)34)38-30(40)19-6-3-2-4-7-19/h2-18H,1H3,(H,36,41)(H,37,39)(H,38,40)/b28-17-. The Morgan fingerprint density at radius 1 is 0.881 bits per heavy atom. The van der Waals surface area contributed by atoms with E-state index in [2.05, 4.69) is 31.9 Å². The van der Waals surface area contributed by atoms with Gasteiger partial charge in [-0.05, 0) is 79.7 Å². The number of hydrogen-bond donors (Lipinski definition) is 3. The van der Waals surface area contributed by atoms with Gasteiger partial charge in [0, 0.05) is 26.2 Å². The monoisotopic (exact) mass is 669 g/mol. The van der Waals surface area contributed by atoms with Gasteiger partial charge in [0.2, 0.25) is 5.91 Å². The number of hydrogen-bond acceptors (Lipinski definition) is 4. The Hall–Kier alpha value is -3.99. The number of rotatable bonds is 9. The minimum absolute atomic E-state index is 0.0558. The number of thioether (sulfide) groups is 1. The first kappa shape index (κ1) is 31.0. The van der Waals surface area contributed by atoms with Crippen LogP contribution in [0.5, 0.6) is 0 Å². The Kier molecular flexibility index (Phi) is 10.5. The third-order valence-electron chi connectivity index (χ3n) is 5.80. The van der Waals surface area contributed by atoms with Gasteiger partial charge in [0.15, 0.2) is 0 Å². The SMILES string of the molecule is CC(Sc1ccc(NC(=O)/C(=C/c2c(F)cccc2Cl)NC(=O)c2ccccc2)cc1)C(=O)Nc1ccc(Br)cc1F. The molecule has 0 heterocycles. The molecular formula is C31H23BrClF2N3O3S. The zero-order valence-corrected chi connectivity index (χ0v) is 25.1. The quantitative estimate of drug-likeness (QED) is 0.125. The molecule has 3 N–H and O–H groups in total. The van der Waals surface area contributed by atoms with Gasteiger partial charge in [-0.1, -0.05) is 51.8 Å². The van der Waals surface area contributed by atoms with Gasteiger partial charge >= 0.3 is 0 Å². The summed E-state index contributed by atoms with van der Waals surface area (Å²) < 4.78 is 29.1. The van der Waals surface area contributed by atoms with Gasteiger partial charge in [0.1, 0.15) is 17.3 Å². The molecule has 4 rings (SSSR count). The molecule has 4 aromatic rings. The van der Waals surface area contributed by atoms with E-state index in [4.69, 9.17) is 11.6 Å². The van der Waals surface area contributed by atoms with Crippen molar-refractivity contribution in [2.75, 3.05) is 10.6 Å². The predicted octanol–water partition coefficient (Wildman–Crippen LogP) is 7.91. The summed E-state index contributed by atoms with van der Waals surface area (Å²) in [6, 6.07) is 23.3. The van der Waals surface area contributed by atoms with Crippen LogP contribution >= 0.6 is 39.3 Å². The van der Waals surface area contributed by atoms with Crippen molar-refractivity contribution in [1.82, 2.24) is 5.32 Å². The van der Waals surface area contributed by atoms with Crippen molar-refractivity contribution >= 4 is 74.5 Å². The highest BCUT2D eigenvalue weighted by molar-refractivity contribution is 9.10. The molecule has 0 saturated heterocycles. The first-order valence-electron chi connectivity index (χ1n) is 12.5. The molecule has 3 amide bonds. The van der Waals surface area contributed by atoms with Crippen molar-refractivity contribution in [1.29, 1.82) is 0 Å². The van der Waals surface area contributed by atoms with Crippen LogP contribution in [0.4, 0.5) is 20.2 Å². The molecular weight excluding hydrogens is 648 g/mol. The van der Waals surface area contributed by atoms with Gasteiger partial charge in [-0.3, -0.25) is 14.4 Å². The smallest absolute Gasteiger partial charge is 0.272 e. The lowest BCUT2D eigenvalue weighted by molar-refractivity contribution is -0.115. The van der Waals surface area contributed by atoms with Gasteiger partial charge in [-0.2, -0.15) is 0 Å². The number of halogens is 4. The second-order valence-corrected chi connectivity index (χ2v) is 11.6. The number of benzene rings is 4. The molecule has 214 valence electrons. The summed E-state index contributed by atoms with van der Waals surface area (Å²) in [6.45, 7) is 1.69. The third kappa shape index (κ3) is 8.28. The highest BCUT2D eigenvalue weighted by atomic mass is 79.9. The summed E-state index contributed by atoms with van der Waals surface area (Å²) in [5, 5.41) is 7.31. The zero-order chi connectivity index (χ0) is 30.2. The van der Waals surface area contributed by atoms with Crippen LogP contribution < -0.4 is 16.0 Å². The van der Waals surface area contributed by atoms with E-state index in [1.54, 1.807) is 67.6 Å². The van der Waals surface area contributed by atoms with E-state index in [0.717, 1.165) is 4.90 Å². The molecule has 1 atom stereocenters. The Morgan fingerprint density at radius 3 is 2.26 bits per heavy atom. The second kappa shape index (κ2) is 14.3. The van der Waals surface area contributed by atoms with E-state index >= 15 is 0 Å². The Bertz CT molecular complexity index is 1630. The first-order valence-corrected chi connectivity index (χ1v) is 14.5. The summed E-state index contributed by atoms with van der Waals surface area (Å²) in [5.41, 5.74) is 0.490. The average molecular weight is 671 g/mol. The fraction of sp³-hybridized carbons (Fsp3) is 0.0645. The molecule has 4 aromatic carbocycles. The van der Waals surface area contributed by atoms with Gasteiger partial charge in [0.25, 0.3) is 11.8 Å². The molecule has 0 bridgehead atoms. The summed E-state index contributed by atoms with van der Waals surface area (Å²) in [7, 11) is 0. The lowest BCUT2D eigenvalue weighted by atomic mass is 10.1. The molecule has 0 aromatic heterocycles. The second-order valence-electron chi connectivity index (χ2n) is 8.87. The van der Waals surface area contributed by atoms with Crippen LogP contribution in [-0.2, 0) is 9.59 Å². The number of carbonyl (C=O) groups excluding carboxylic acids is 3. The normalized spacial score (nSPS) is 11.9. The summed E-state index contributed by atoms with van der Waals surface area (Å²) in [5.74, 6) is -2.87. The van der Waals surface area contributed by atoms with Crippen LogP contribution in [0.1, 0.15) is 22.8 Å². The van der Waals surface area contributed by atoms with Crippen molar-refractivity contribution < 1.29 is 23.2 Å². The molecule has 1 unspecified atom stereocenters. The molecule has 6 nitrogen and oxygen atoms in total. The number of anilines is 2. The number of nitrogens with one attached hydrogen (secondary N) is 3. The maximum absolute atomic E-state index is 14.5. The van der Waals surface area contributed by atoms with E-state index in [9.17, 15) is 23.2 Å². The lowest BCUT2D eigenvalue weighted by Crippen LogP contribution is -2.30. The van der Waals surface area contributed by atoms with Gasteiger partial charge in [0.05, 0.1) is 16.0 Å². The Morgan fingerprint density at radius 2 is 1.60 bits per heavy atom. The largest absolute Gasteiger partial charge is 0.323 e. The molecule has 0 saturated carbocycles. The summed E-state index contributed by atoms with van der Waals surface area (Å²) in [4.78, 5) is 39.3. The molecule has 0 aliphatic rings. The number of amides is 3. The van der Waals surface area contributed by atoms with Crippen molar-refractivity contribution in [3.8, 4) is 0 Å². The van der Waals surface area contributed by atoms with Crippen molar-refractivity contribution in [2.45, 2.75) is 17.1 Å². The molecule has 11 heteroatoms. The fourth-order valence-corrected chi connectivity index (χ4v) is 5.05. The van der Waals surface area contributed by atoms with Gasteiger partial charge in [-0.15, -0.1) is 11.8 Å². The molecule has 0 fully saturated rings. The van der Waals surface area contributed by atoms with E-state index < -0.39 is 28.7 Å². The minimum atomic E-state index is -0.705.